The number of hydrogen-bond donors (Lipinski definition) is 0. The summed E-state index contributed by atoms with van der Waals surface area (Å²) in [6.07, 6.45) is 0. The zero-order valence-electron chi connectivity index (χ0n) is 13.3. The van der Waals surface area contributed by atoms with E-state index in [9.17, 15) is 18.0 Å². The summed E-state index contributed by atoms with van der Waals surface area (Å²) in [5, 5.41) is 1.65. The van der Waals surface area contributed by atoms with Gasteiger partial charge in [0, 0.05) is 0 Å². The maximum Gasteiger partial charge on any atom is 0.337 e. The van der Waals surface area contributed by atoms with Crippen molar-refractivity contribution in [2.24, 2.45) is 0 Å². The minimum atomic E-state index is -4.07. The first-order valence-corrected chi connectivity index (χ1v) is 9.52. The third-order valence-electron chi connectivity index (χ3n) is 3.18. The first-order chi connectivity index (χ1) is 11.8. The van der Waals surface area contributed by atoms with Crippen molar-refractivity contribution in [1.29, 1.82) is 0 Å². The molecule has 1 aromatic carbocycles. The van der Waals surface area contributed by atoms with Crippen LogP contribution >= 0.6 is 22.9 Å². The van der Waals surface area contributed by atoms with Crippen molar-refractivity contribution in [1.82, 2.24) is 0 Å². The highest BCUT2D eigenvalue weighted by Crippen LogP contribution is 2.33. The lowest BCUT2D eigenvalue weighted by Crippen LogP contribution is -2.36. The Kier molecular flexibility index (Phi) is 6.04. The average Bonchev–Trinajstić information content (AvgIpc) is 3.14. The fourth-order valence-corrected chi connectivity index (χ4v) is 4.74. The zero-order chi connectivity index (χ0) is 18.6. The number of esters is 2. The standard InChI is InChI=1S/C15H14ClNO6S2/c1-22-13(18)9-17(25(20,21)14-4-3-7-24-14)12-8-10(15(19)23-2)5-6-11(12)16/h3-8H,9H2,1-2H3. The van der Waals surface area contributed by atoms with Crippen LogP contribution in [0.4, 0.5) is 5.69 Å². The molecular formula is C15H14ClNO6S2. The van der Waals surface area contributed by atoms with E-state index in [-0.39, 0.29) is 20.5 Å². The molecule has 0 aliphatic carbocycles. The van der Waals surface area contributed by atoms with Crippen molar-refractivity contribution in [3.8, 4) is 0 Å². The van der Waals surface area contributed by atoms with Gasteiger partial charge in [-0.25, -0.2) is 13.2 Å². The first kappa shape index (κ1) is 19.2. The number of nitrogens with zero attached hydrogens (tertiary/aromatic N) is 1. The molecule has 7 nitrogen and oxygen atoms in total. The number of carbonyl (C=O) groups excluding carboxylic acids is 2. The summed E-state index contributed by atoms with van der Waals surface area (Å²) < 4.78 is 35.8. The highest BCUT2D eigenvalue weighted by atomic mass is 35.5. The van der Waals surface area contributed by atoms with Crippen LogP contribution in [-0.4, -0.2) is 41.1 Å². The Hall–Kier alpha value is -2.10. The Morgan fingerprint density at radius 3 is 2.48 bits per heavy atom. The van der Waals surface area contributed by atoms with Crippen molar-refractivity contribution in [3.63, 3.8) is 0 Å². The van der Waals surface area contributed by atoms with E-state index in [0.29, 0.717) is 0 Å². The van der Waals surface area contributed by atoms with Crippen LogP contribution in [0.1, 0.15) is 10.4 Å². The molecule has 10 heteroatoms. The second kappa shape index (κ2) is 7.85. The molecule has 0 aliphatic rings. The first-order valence-electron chi connectivity index (χ1n) is 6.82. The number of sulfonamides is 1. The van der Waals surface area contributed by atoms with Crippen molar-refractivity contribution in [2.75, 3.05) is 25.1 Å². The summed E-state index contributed by atoms with van der Waals surface area (Å²) in [7, 11) is -1.73. The SMILES string of the molecule is COC(=O)CN(c1cc(C(=O)OC)ccc1Cl)S(=O)(=O)c1cccs1. The summed E-state index contributed by atoms with van der Waals surface area (Å²) in [4.78, 5) is 23.5. The van der Waals surface area contributed by atoms with Gasteiger partial charge in [0.25, 0.3) is 10.0 Å². The lowest BCUT2D eigenvalue weighted by atomic mass is 10.2. The lowest BCUT2D eigenvalue weighted by Gasteiger charge is -2.24. The Morgan fingerprint density at radius 2 is 1.92 bits per heavy atom. The summed E-state index contributed by atoms with van der Waals surface area (Å²) in [5.74, 6) is -1.44. The topological polar surface area (TPSA) is 90.0 Å². The molecule has 2 aromatic rings. The van der Waals surface area contributed by atoms with Gasteiger partial charge in [0.2, 0.25) is 0 Å². The van der Waals surface area contributed by atoms with Crippen molar-refractivity contribution in [2.45, 2.75) is 4.21 Å². The minimum Gasteiger partial charge on any atom is -0.468 e. The Bertz CT molecular complexity index is 879. The Labute approximate surface area is 153 Å². The van der Waals surface area contributed by atoms with Gasteiger partial charge in [0.05, 0.1) is 30.5 Å². The summed E-state index contributed by atoms with van der Waals surface area (Å²) in [5.41, 5.74) is 0.0708. The van der Waals surface area contributed by atoms with Crippen LogP contribution in [0.15, 0.2) is 39.9 Å². The van der Waals surface area contributed by atoms with Gasteiger partial charge < -0.3 is 9.47 Å². The number of rotatable bonds is 6. The molecule has 1 heterocycles. The van der Waals surface area contributed by atoms with Crippen molar-refractivity contribution < 1.29 is 27.5 Å². The van der Waals surface area contributed by atoms with Gasteiger partial charge in [-0.05, 0) is 29.6 Å². The molecular weight excluding hydrogens is 390 g/mol. The van der Waals surface area contributed by atoms with Crippen LogP contribution in [0.5, 0.6) is 0 Å². The highest BCUT2D eigenvalue weighted by molar-refractivity contribution is 7.94. The normalized spacial score (nSPS) is 11.0. The second-order valence-corrected chi connectivity index (χ2v) is 8.12. The number of halogens is 1. The van der Waals surface area contributed by atoms with Gasteiger partial charge in [-0.3, -0.25) is 9.10 Å². The van der Waals surface area contributed by atoms with E-state index in [1.54, 1.807) is 11.4 Å². The summed E-state index contributed by atoms with van der Waals surface area (Å²) in [6, 6.07) is 6.98. The molecule has 134 valence electrons. The third kappa shape index (κ3) is 4.12. The third-order valence-corrected chi connectivity index (χ3v) is 6.63. The van der Waals surface area contributed by atoms with Gasteiger partial charge in [-0.15, -0.1) is 11.3 Å². The molecule has 2 rings (SSSR count). The largest absolute Gasteiger partial charge is 0.468 e. The van der Waals surface area contributed by atoms with E-state index in [1.807, 2.05) is 0 Å². The van der Waals surface area contributed by atoms with Crippen LogP contribution in [0.3, 0.4) is 0 Å². The lowest BCUT2D eigenvalue weighted by molar-refractivity contribution is -0.138. The van der Waals surface area contributed by atoms with E-state index in [0.717, 1.165) is 22.8 Å². The molecule has 0 atom stereocenters. The predicted octanol–water partition coefficient (Wildman–Crippen LogP) is 2.56. The van der Waals surface area contributed by atoms with Crippen LogP contribution < -0.4 is 4.31 Å². The zero-order valence-corrected chi connectivity index (χ0v) is 15.7. The molecule has 0 N–H and O–H groups in total. The van der Waals surface area contributed by atoms with Crippen LogP contribution in [-0.2, 0) is 24.3 Å². The number of anilines is 1. The van der Waals surface area contributed by atoms with E-state index in [1.165, 1.54) is 31.4 Å². The highest BCUT2D eigenvalue weighted by Gasteiger charge is 2.30. The number of benzene rings is 1. The molecule has 0 bridgehead atoms. The van der Waals surface area contributed by atoms with Crippen LogP contribution in [0.25, 0.3) is 0 Å². The van der Waals surface area contributed by atoms with Gasteiger partial charge in [-0.1, -0.05) is 17.7 Å². The summed E-state index contributed by atoms with van der Waals surface area (Å²) in [6.45, 7) is -0.596. The van der Waals surface area contributed by atoms with Crippen LogP contribution in [0.2, 0.25) is 5.02 Å². The second-order valence-electron chi connectivity index (χ2n) is 4.68. The van der Waals surface area contributed by atoms with E-state index < -0.39 is 28.5 Å². The van der Waals surface area contributed by atoms with E-state index >= 15 is 0 Å². The number of ether oxygens (including phenoxy) is 2. The average molecular weight is 404 g/mol. The molecule has 0 saturated heterocycles. The van der Waals surface area contributed by atoms with E-state index in [4.69, 9.17) is 11.6 Å². The molecule has 0 saturated carbocycles. The van der Waals surface area contributed by atoms with Gasteiger partial charge >= 0.3 is 11.9 Å². The van der Waals surface area contributed by atoms with Crippen molar-refractivity contribution in [3.05, 3.63) is 46.3 Å². The number of hydrogen-bond acceptors (Lipinski definition) is 7. The molecule has 0 aliphatic heterocycles. The maximum atomic E-state index is 12.9. The molecule has 1 aromatic heterocycles. The van der Waals surface area contributed by atoms with E-state index in [2.05, 4.69) is 9.47 Å². The van der Waals surface area contributed by atoms with Gasteiger partial charge in [0.1, 0.15) is 10.8 Å². The predicted molar refractivity (Wildman–Crippen MR) is 93.7 cm³/mol. The fraction of sp³-hybridized carbons (Fsp3) is 0.200. The monoisotopic (exact) mass is 403 g/mol. The molecule has 0 unspecified atom stereocenters. The number of methoxy groups -OCH3 is 2. The molecule has 25 heavy (non-hydrogen) atoms. The summed E-state index contributed by atoms with van der Waals surface area (Å²) >= 11 is 7.12. The fourth-order valence-electron chi connectivity index (χ4n) is 1.95. The Balaban J connectivity index is 2.60. The quantitative estimate of drug-likeness (QED) is 0.688. The number of carbonyl (C=O) groups is 2. The molecule has 0 radical (unpaired) electrons. The number of thiophene rings is 1. The van der Waals surface area contributed by atoms with Crippen LogP contribution in [0, 0.1) is 0 Å². The maximum absolute atomic E-state index is 12.9. The van der Waals surface area contributed by atoms with Gasteiger partial charge in [-0.2, -0.15) is 0 Å². The molecule has 0 spiro atoms. The Morgan fingerprint density at radius 1 is 1.20 bits per heavy atom. The van der Waals surface area contributed by atoms with Gasteiger partial charge in [0.15, 0.2) is 0 Å². The minimum absolute atomic E-state index is 0.0240. The molecule has 0 amide bonds. The smallest absolute Gasteiger partial charge is 0.337 e. The van der Waals surface area contributed by atoms with Crippen molar-refractivity contribution >= 4 is 50.6 Å². The molecule has 0 fully saturated rings.